The van der Waals surface area contributed by atoms with Gasteiger partial charge in [0.25, 0.3) is 11.5 Å². The number of nitrogens with zero attached hydrogens (tertiary/aromatic N) is 1. The average Bonchev–Trinajstić information content (AvgIpc) is 3.12. The van der Waals surface area contributed by atoms with Crippen LogP contribution < -0.4 is 15.6 Å². The Morgan fingerprint density at radius 2 is 1.79 bits per heavy atom. The van der Waals surface area contributed by atoms with Gasteiger partial charge in [0.2, 0.25) is 0 Å². The van der Waals surface area contributed by atoms with Crippen LogP contribution in [0.3, 0.4) is 0 Å². The van der Waals surface area contributed by atoms with Crippen LogP contribution in [0.25, 0.3) is 21.7 Å². The number of fused-ring (bicyclic) bond motifs is 2. The van der Waals surface area contributed by atoms with E-state index < -0.39 is 0 Å². The number of nitrogens with one attached hydrogen (secondary N) is 3. The van der Waals surface area contributed by atoms with Crippen molar-refractivity contribution in [2.75, 3.05) is 7.11 Å². The second-order valence-electron chi connectivity index (χ2n) is 9.68. The quantitative estimate of drug-likeness (QED) is 0.441. The molecular formula is C26H26N4O3. The number of benzene rings is 2. The van der Waals surface area contributed by atoms with Gasteiger partial charge < -0.3 is 15.0 Å². The van der Waals surface area contributed by atoms with Crippen molar-refractivity contribution in [2.24, 2.45) is 5.41 Å². The summed E-state index contributed by atoms with van der Waals surface area (Å²) in [6, 6.07) is 13.7. The third-order valence-electron chi connectivity index (χ3n) is 7.67. The number of para-hydroxylation sites is 1. The number of aromatic nitrogens is 3. The highest BCUT2D eigenvalue weighted by Gasteiger charge is 2.54. The SMILES string of the molecule is COc1cccc2c(C)c(C(=O)N[C@H]3CC4(C3)C[C@H](c3n[nH]c(=O)c5ccccc53)C4)[nH]c12. The highest BCUT2D eigenvalue weighted by molar-refractivity contribution is 6.02. The predicted molar refractivity (Wildman–Crippen MR) is 127 cm³/mol. The molecule has 2 aliphatic rings. The number of hydrogen-bond acceptors (Lipinski definition) is 4. The zero-order valence-corrected chi connectivity index (χ0v) is 18.7. The van der Waals surface area contributed by atoms with Crippen molar-refractivity contribution in [2.45, 2.75) is 44.6 Å². The summed E-state index contributed by atoms with van der Waals surface area (Å²) in [7, 11) is 1.63. The van der Waals surface area contributed by atoms with Gasteiger partial charge in [0, 0.05) is 22.7 Å². The molecule has 1 amide bonds. The number of aryl methyl sites for hydroxylation is 1. The lowest BCUT2D eigenvalue weighted by Crippen LogP contribution is -2.55. The molecule has 2 heterocycles. The van der Waals surface area contributed by atoms with Crippen LogP contribution in [0.5, 0.6) is 5.75 Å². The molecule has 1 spiro atoms. The van der Waals surface area contributed by atoms with E-state index in [0.717, 1.165) is 59.0 Å². The number of amides is 1. The Kier molecular flexibility index (Phi) is 4.37. The van der Waals surface area contributed by atoms with E-state index in [1.54, 1.807) is 7.11 Å². The minimum atomic E-state index is -0.139. The third kappa shape index (κ3) is 3.06. The molecule has 0 saturated heterocycles. The number of aromatic amines is 2. The van der Waals surface area contributed by atoms with E-state index in [-0.39, 0.29) is 22.9 Å². The Balaban J connectivity index is 1.13. The van der Waals surface area contributed by atoms with E-state index in [0.29, 0.717) is 17.0 Å². The monoisotopic (exact) mass is 442 g/mol. The van der Waals surface area contributed by atoms with Crippen molar-refractivity contribution in [1.82, 2.24) is 20.5 Å². The largest absolute Gasteiger partial charge is 0.495 e. The van der Waals surface area contributed by atoms with Crippen LogP contribution in [-0.2, 0) is 0 Å². The fraction of sp³-hybridized carbons (Fsp3) is 0.346. The molecule has 168 valence electrons. The molecule has 3 N–H and O–H groups in total. The summed E-state index contributed by atoms with van der Waals surface area (Å²) < 4.78 is 5.43. The number of ether oxygens (including phenoxy) is 1. The molecule has 0 unspecified atom stereocenters. The van der Waals surface area contributed by atoms with E-state index in [2.05, 4.69) is 20.5 Å². The molecule has 0 aliphatic heterocycles. The number of H-pyrrole nitrogens is 2. The standard InChI is InChI=1S/C26H26N4O3/c1-14-17-8-5-9-20(33-2)23(17)28-21(14)25(32)27-16-12-26(13-16)10-15(11-26)22-18-6-3-4-7-19(18)24(31)30-29-22/h3-9,15-16,28H,10-13H2,1-2H3,(H,27,32)(H,30,31)/t15-,16-,26?. The smallest absolute Gasteiger partial charge is 0.272 e. The normalized spacial score (nSPS) is 23.9. The van der Waals surface area contributed by atoms with Crippen LogP contribution >= 0.6 is 0 Å². The topological polar surface area (TPSA) is 99.9 Å². The minimum Gasteiger partial charge on any atom is -0.495 e. The van der Waals surface area contributed by atoms with Crippen LogP contribution in [0, 0.1) is 12.3 Å². The average molecular weight is 443 g/mol. The van der Waals surface area contributed by atoms with Crippen molar-refractivity contribution in [1.29, 1.82) is 0 Å². The molecule has 2 aliphatic carbocycles. The molecule has 6 rings (SSSR count). The molecule has 0 radical (unpaired) electrons. The van der Waals surface area contributed by atoms with Gasteiger partial charge in [-0.2, -0.15) is 5.10 Å². The van der Waals surface area contributed by atoms with Gasteiger partial charge in [-0.25, -0.2) is 5.10 Å². The maximum absolute atomic E-state index is 13.0. The molecule has 0 bridgehead atoms. The summed E-state index contributed by atoms with van der Waals surface area (Å²) >= 11 is 0. The van der Waals surface area contributed by atoms with E-state index in [9.17, 15) is 9.59 Å². The van der Waals surface area contributed by atoms with Crippen molar-refractivity contribution < 1.29 is 9.53 Å². The summed E-state index contributed by atoms with van der Waals surface area (Å²) in [5, 5.41) is 12.9. The molecule has 4 aromatic rings. The summed E-state index contributed by atoms with van der Waals surface area (Å²) in [5.74, 6) is 1.03. The Bertz CT molecular complexity index is 1450. The zero-order valence-electron chi connectivity index (χ0n) is 18.7. The fourth-order valence-corrected chi connectivity index (χ4v) is 6.03. The van der Waals surface area contributed by atoms with Crippen molar-refractivity contribution in [3.8, 4) is 5.75 Å². The molecule has 7 heteroatoms. The lowest BCUT2D eigenvalue weighted by molar-refractivity contribution is -0.0197. The van der Waals surface area contributed by atoms with Crippen LogP contribution in [-0.4, -0.2) is 34.2 Å². The Labute approximate surface area is 190 Å². The first kappa shape index (κ1) is 20.0. The number of rotatable bonds is 4. The third-order valence-corrected chi connectivity index (χ3v) is 7.67. The van der Waals surface area contributed by atoms with Gasteiger partial charge in [0.15, 0.2) is 0 Å². The van der Waals surface area contributed by atoms with Gasteiger partial charge in [-0.15, -0.1) is 0 Å². The van der Waals surface area contributed by atoms with Gasteiger partial charge >= 0.3 is 0 Å². The first-order chi connectivity index (χ1) is 16.0. The highest BCUT2D eigenvalue weighted by Crippen LogP contribution is 2.62. The van der Waals surface area contributed by atoms with Crippen LogP contribution in [0.1, 0.15) is 53.3 Å². The summed E-state index contributed by atoms with van der Waals surface area (Å²) in [4.78, 5) is 28.3. The van der Waals surface area contributed by atoms with E-state index in [1.165, 1.54) is 0 Å². The summed E-state index contributed by atoms with van der Waals surface area (Å²) in [5.41, 5.74) is 3.53. The number of carbonyl (C=O) groups is 1. The highest BCUT2D eigenvalue weighted by atomic mass is 16.5. The van der Waals surface area contributed by atoms with Crippen molar-refractivity contribution in [3.05, 3.63) is 69.8 Å². The summed E-state index contributed by atoms with van der Waals surface area (Å²) in [6.07, 6.45) is 4.06. The number of methoxy groups -OCH3 is 1. The van der Waals surface area contributed by atoms with Crippen molar-refractivity contribution in [3.63, 3.8) is 0 Å². The molecule has 2 fully saturated rings. The molecule has 2 aromatic carbocycles. The first-order valence-corrected chi connectivity index (χ1v) is 11.4. The Morgan fingerprint density at radius 3 is 2.55 bits per heavy atom. The number of carbonyl (C=O) groups excluding carboxylic acids is 1. The van der Waals surface area contributed by atoms with Gasteiger partial charge in [-0.05, 0) is 55.7 Å². The fourth-order valence-electron chi connectivity index (χ4n) is 6.03. The zero-order chi connectivity index (χ0) is 22.7. The molecule has 7 nitrogen and oxygen atoms in total. The maximum atomic E-state index is 13.0. The van der Waals surface area contributed by atoms with Crippen molar-refractivity contribution >= 4 is 27.6 Å². The van der Waals surface area contributed by atoms with E-state index >= 15 is 0 Å². The predicted octanol–water partition coefficient (Wildman–Crippen LogP) is 4.18. The molecule has 2 saturated carbocycles. The second-order valence-corrected chi connectivity index (χ2v) is 9.68. The Hall–Kier alpha value is -3.61. The van der Waals surface area contributed by atoms with E-state index in [1.807, 2.05) is 49.4 Å². The molecule has 0 atom stereocenters. The first-order valence-electron chi connectivity index (χ1n) is 11.4. The lowest BCUT2D eigenvalue weighted by atomic mass is 9.49. The minimum absolute atomic E-state index is 0.0604. The van der Waals surface area contributed by atoms with Crippen LogP contribution in [0.2, 0.25) is 0 Å². The number of hydrogen-bond donors (Lipinski definition) is 3. The lowest BCUT2D eigenvalue weighted by Gasteiger charge is -2.57. The van der Waals surface area contributed by atoms with Gasteiger partial charge in [-0.1, -0.05) is 30.3 Å². The van der Waals surface area contributed by atoms with Gasteiger partial charge in [0.1, 0.15) is 11.4 Å². The molecular weight excluding hydrogens is 416 g/mol. The molecule has 2 aromatic heterocycles. The van der Waals surface area contributed by atoms with Gasteiger partial charge in [0.05, 0.1) is 23.7 Å². The second kappa shape index (κ2) is 7.20. The van der Waals surface area contributed by atoms with Crippen LogP contribution in [0.4, 0.5) is 0 Å². The van der Waals surface area contributed by atoms with Gasteiger partial charge in [-0.3, -0.25) is 9.59 Å². The maximum Gasteiger partial charge on any atom is 0.272 e. The Morgan fingerprint density at radius 1 is 1.06 bits per heavy atom. The summed E-state index contributed by atoms with van der Waals surface area (Å²) in [6.45, 7) is 1.97. The molecule has 33 heavy (non-hydrogen) atoms. The van der Waals surface area contributed by atoms with Crippen LogP contribution in [0.15, 0.2) is 47.3 Å². The van der Waals surface area contributed by atoms with E-state index in [4.69, 9.17) is 4.74 Å².